The van der Waals surface area contributed by atoms with Crippen molar-refractivity contribution in [3.8, 4) is 5.75 Å². The van der Waals surface area contributed by atoms with Crippen LogP contribution in [-0.2, 0) is 10.2 Å². The van der Waals surface area contributed by atoms with Gasteiger partial charge in [-0.3, -0.25) is 9.89 Å². The molecule has 4 aromatic rings. The molecule has 192 valence electrons. The number of amides is 1. The second-order valence-corrected chi connectivity index (χ2v) is 10.7. The fourth-order valence-corrected chi connectivity index (χ4v) is 6.14. The lowest BCUT2D eigenvalue weighted by Crippen LogP contribution is -2.44. The summed E-state index contributed by atoms with van der Waals surface area (Å²) in [6, 6.07) is 21.0. The molecular formula is C31H31N5O2. The molecule has 1 aromatic heterocycles. The number of rotatable bonds is 5. The number of fused-ring (bicyclic) bond motifs is 3. The maximum Gasteiger partial charge on any atom is 0.235 e. The number of carbonyl (C=O) groups excluding carboxylic acids is 1. The molecule has 2 N–H and O–H groups in total. The largest absolute Gasteiger partial charge is 0.497 e. The number of likely N-dealkylation sites (N-methyl/N-ethyl adjacent to an activating group) is 1. The van der Waals surface area contributed by atoms with Gasteiger partial charge in [-0.1, -0.05) is 30.3 Å². The molecular weight excluding hydrogens is 474 g/mol. The summed E-state index contributed by atoms with van der Waals surface area (Å²) in [4.78, 5) is 17.8. The van der Waals surface area contributed by atoms with Crippen LogP contribution in [0, 0.1) is 0 Å². The molecule has 3 aromatic carbocycles. The summed E-state index contributed by atoms with van der Waals surface area (Å²) in [5.41, 5.74) is 6.91. The molecule has 1 saturated heterocycles. The molecule has 7 rings (SSSR count). The second-order valence-electron chi connectivity index (χ2n) is 10.7. The highest BCUT2D eigenvalue weighted by molar-refractivity contribution is 6.10. The maximum absolute atomic E-state index is 13.0. The zero-order chi connectivity index (χ0) is 25.9. The molecule has 1 aliphatic carbocycles. The fraction of sp³-hybridized carbons (Fsp3) is 0.290. The van der Waals surface area contributed by atoms with Crippen LogP contribution in [0.3, 0.4) is 0 Å². The lowest BCUT2D eigenvalue weighted by Gasteiger charge is -2.34. The minimum absolute atomic E-state index is 0.0812. The number of benzene rings is 3. The number of piperazine rings is 1. The van der Waals surface area contributed by atoms with E-state index in [4.69, 9.17) is 4.74 Å². The van der Waals surface area contributed by atoms with Crippen LogP contribution in [0.5, 0.6) is 5.75 Å². The van der Waals surface area contributed by atoms with Gasteiger partial charge in [0.25, 0.3) is 0 Å². The van der Waals surface area contributed by atoms with Crippen LogP contribution in [0.15, 0.2) is 60.7 Å². The third-order valence-corrected chi connectivity index (χ3v) is 8.54. The van der Waals surface area contributed by atoms with E-state index in [9.17, 15) is 4.79 Å². The van der Waals surface area contributed by atoms with Crippen LogP contribution >= 0.6 is 0 Å². The van der Waals surface area contributed by atoms with Gasteiger partial charge in [0.2, 0.25) is 5.91 Å². The Kier molecular flexibility index (Phi) is 5.30. The molecule has 3 heterocycles. The summed E-state index contributed by atoms with van der Waals surface area (Å²) in [7, 11) is 3.84. The number of methoxy groups -OCH3 is 1. The van der Waals surface area contributed by atoms with Gasteiger partial charge >= 0.3 is 0 Å². The number of anilines is 2. The summed E-state index contributed by atoms with van der Waals surface area (Å²) in [6.07, 6.45) is 4.98. The van der Waals surface area contributed by atoms with Crippen molar-refractivity contribution in [2.24, 2.45) is 0 Å². The predicted molar refractivity (Wildman–Crippen MR) is 152 cm³/mol. The predicted octanol–water partition coefficient (Wildman–Crippen LogP) is 4.87. The monoisotopic (exact) mass is 505 g/mol. The molecule has 2 atom stereocenters. The van der Waals surface area contributed by atoms with E-state index in [2.05, 4.69) is 87.0 Å². The molecule has 1 saturated carbocycles. The van der Waals surface area contributed by atoms with Crippen molar-refractivity contribution in [2.75, 3.05) is 50.6 Å². The number of carbonyl (C=O) groups is 1. The Morgan fingerprint density at radius 2 is 1.82 bits per heavy atom. The summed E-state index contributed by atoms with van der Waals surface area (Å²) in [6.45, 7) is 4.35. The maximum atomic E-state index is 13.0. The molecule has 2 fully saturated rings. The molecule has 0 bridgehead atoms. The molecule has 1 amide bonds. The molecule has 2 aliphatic heterocycles. The van der Waals surface area contributed by atoms with Crippen LogP contribution in [-0.4, -0.2) is 61.3 Å². The van der Waals surface area contributed by atoms with E-state index in [0.717, 1.165) is 77.3 Å². The van der Waals surface area contributed by atoms with Gasteiger partial charge < -0.3 is 19.9 Å². The van der Waals surface area contributed by atoms with E-state index in [-0.39, 0.29) is 11.8 Å². The molecule has 0 radical (unpaired) electrons. The van der Waals surface area contributed by atoms with Crippen molar-refractivity contribution >= 4 is 40.3 Å². The number of ether oxygens (including phenoxy) is 1. The number of aromatic nitrogens is 2. The lowest BCUT2D eigenvalue weighted by molar-refractivity contribution is -0.118. The quantitative estimate of drug-likeness (QED) is 0.405. The van der Waals surface area contributed by atoms with E-state index in [1.165, 1.54) is 5.69 Å². The third-order valence-electron chi connectivity index (χ3n) is 8.54. The van der Waals surface area contributed by atoms with Crippen molar-refractivity contribution in [3.63, 3.8) is 0 Å². The molecule has 7 heteroatoms. The van der Waals surface area contributed by atoms with Crippen LogP contribution < -0.4 is 15.0 Å². The first kappa shape index (κ1) is 23.0. The first-order chi connectivity index (χ1) is 18.5. The van der Waals surface area contributed by atoms with Gasteiger partial charge in [0.15, 0.2) is 0 Å². The van der Waals surface area contributed by atoms with Gasteiger partial charge in [-0.15, -0.1) is 0 Å². The minimum atomic E-state index is -0.503. The third kappa shape index (κ3) is 3.69. The van der Waals surface area contributed by atoms with Gasteiger partial charge in [0, 0.05) is 48.9 Å². The van der Waals surface area contributed by atoms with E-state index in [1.54, 1.807) is 7.11 Å². The number of hydrogen-bond donors (Lipinski definition) is 2. The average molecular weight is 506 g/mol. The normalized spacial score (nSPS) is 22.8. The number of hydrogen-bond acceptors (Lipinski definition) is 5. The Hall–Kier alpha value is -4.10. The highest BCUT2D eigenvalue weighted by Gasteiger charge is 2.65. The number of aromatic amines is 1. The zero-order valence-electron chi connectivity index (χ0n) is 21.7. The van der Waals surface area contributed by atoms with Crippen molar-refractivity contribution in [1.82, 2.24) is 15.1 Å². The lowest BCUT2D eigenvalue weighted by atomic mass is 9.91. The van der Waals surface area contributed by atoms with E-state index >= 15 is 0 Å². The van der Waals surface area contributed by atoms with Crippen LogP contribution in [0.1, 0.15) is 34.7 Å². The van der Waals surface area contributed by atoms with Crippen LogP contribution in [0.4, 0.5) is 11.4 Å². The Balaban J connectivity index is 1.09. The highest BCUT2D eigenvalue weighted by Crippen LogP contribution is 2.65. The van der Waals surface area contributed by atoms with Crippen molar-refractivity contribution in [2.45, 2.75) is 17.8 Å². The Labute approximate surface area is 222 Å². The van der Waals surface area contributed by atoms with E-state index in [0.29, 0.717) is 0 Å². The smallest absolute Gasteiger partial charge is 0.235 e. The summed E-state index contributed by atoms with van der Waals surface area (Å²) in [5, 5.41) is 11.9. The zero-order valence-corrected chi connectivity index (χ0v) is 21.7. The average Bonchev–Trinajstić information content (AvgIpc) is 3.49. The molecule has 3 aliphatic rings. The summed E-state index contributed by atoms with van der Waals surface area (Å²) >= 11 is 0. The first-order valence-corrected chi connectivity index (χ1v) is 13.2. The number of nitrogens with one attached hydrogen (secondary N) is 2. The fourth-order valence-electron chi connectivity index (χ4n) is 6.14. The number of nitrogens with zero attached hydrogens (tertiary/aromatic N) is 3. The van der Waals surface area contributed by atoms with Crippen LogP contribution in [0.2, 0.25) is 0 Å². The van der Waals surface area contributed by atoms with Gasteiger partial charge in [-0.25, -0.2) is 0 Å². The van der Waals surface area contributed by atoms with Gasteiger partial charge in [-0.2, -0.15) is 5.10 Å². The van der Waals surface area contributed by atoms with Crippen molar-refractivity contribution in [1.29, 1.82) is 0 Å². The molecule has 7 nitrogen and oxygen atoms in total. The van der Waals surface area contributed by atoms with E-state index < -0.39 is 5.41 Å². The van der Waals surface area contributed by atoms with Crippen molar-refractivity contribution < 1.29 is 9.53 Å². The molecule has 1 unspecified atom stereocenters. The SMILES string of the molecule is COc1ccc2c(c1)[C@]1(CC1c1ccc3c(/C=C/c4ccc(N5CCN(C)CC5)cc4)n[nH]c3c1)C(=O)N2. The van der Waals surface area contributed by atoms with Gasteiger partial charge in [-0.05, 0) is 72.6 Å². The summed E-state index contributed by atoms with van der Waals surface area (Å²) < 4.78 is 5.43. The van der Waals surface area contributed by atoms with Gasteiger partial charge in [0.05, 0.1) is 23.7 Å². The van der Waals surface area contributed by atoms with Gasteiger partial charge in [0.1, 0.15) is 5.75 Å². The first-order valence-electron chi connectivity index (χ1n) is 13.2. The second kappa shape index (κ2) is 8.74. The van der Waals surface area contributed by atoms with E-state index in [1.807, 2.05) is 18.2 Å². The molecule has 38 heavy (non-hydrogen) atoms. The summed E-state index contributed by atoms with van der Waals surface area (Å²) in [5.74, 6) is 0.999. The Morgan fingerprint density at radius 3 is 2.61 bits per heavy atom. The van der Waals surface area contributed by atoms with Crippen molar-refractivity contribution in [3.05, 3.63) is 83.0 Å². The highest BCUT2D eigenvalue weighted by atomic mass is 16.5. The number of H-pyrrole nitrogens is 1. The van der Waals surface area contributed by atoms with Crippen LogP contribution in [0.25, 0.3) is 23.1 Å². The Morgan fingerprint density at radius 1 is 1.00 bits per heavy atom. The Bertz CT molecular complexity index is 1570. The molecule has 1 spiro atoms. The minimum Gasteiger partial charge on any atom is -0.497 e. The topological polar surface area (TPSA) is 73.5 Å². The standard InChI is InChI=1S/C31H31N5O2/c1-35-13-15-36(16-14-35)22-7-3-20(4-8-22)5-11-27-24-10-6-21(17-29(24)34-33-27)26-19-31(26)25-18-23(38-2)9-12-28(25)32-30(31)37/h3-12,17-18,26H,13-16,19H2,1-2H3,(H,32,37)(H,33,34)/b11-5+/t26?,31-/m0/s1.